The van der Waals surface area contributed by atoms with Gasteiger partial charge < -0.3 is 10.6 Å². The minimum atomic E-state index is -4.43. The number of alkyl halides is 3. The standard InChI is InChI=1S/C14H18ClF3N2O/c1-9(2)5-6-19-13(21)8-20-12-4-3-10(7-11(12)15)14(16,17)18/h3-4,7,9,20H,5-6,8H2,1-2H3,(H,19,21). The van der Waals surface area contributed by atoms with Crippen LogP contribution in [0.3, 0.4) is 0 Å². The van der Waals surface area contributed by atoms with Crippen molar-refractivity contribution in [2.75, 3.05) is 18.4 Å². The number of carbonyl (C=O) groups excluding carboxylic acids is 1. The Morgan fingerprint density at radius 3 is 2.52 bits per heavy atom. The molecule has 118 valence electrons. The maximum absolute atomic E-state index is 12.5. The number of hydrogen-bond acceptors (Lipinski definition) is 2. The Morgan fingerprint density at radius 2 is 2.00 bits per heavy atom. The van der Waals surface area contributed by atoms with Gasteiger partial charge in [-0.25, -0.2) is 0 Å². The fraction of sp³-hybridized carbons (Fsp3) is 0.500. The zero-order valence-electron chi connectivity index (χ0n) is 11.9. The van der Waals surface area contributed by atoms with Gasteiger partial charge in [0, 0.05) is 6.54 Å². The monoisotopic (exact) mass is 322 g/mol. The van der Waals surface area contributed by atoms with Crippen LogP contribution in [0, 0.1) is 5.92 Å². The van der Waals surface area contributed by atoms with Crippen LogP contribution in [0.2, 0.25) is 5.02 Å². The number of hydrogen-bond donors (Lipinski definition) is 2. The molecule has 0 saturated heterocycles. The first-order valence-corrected chi connectivity index (χ1v) is 6.95. The Bertz CT molecular complexity index is 490. The zero-order chi connectivity index (χ0) is 16.0. The highest BCUT2D eigenvalue weighted by atomic mass is 35.5. The molecule has 0 atom stereocenters. The van der Waals surface area contributed by atoms with Crippen LogP contribution < -0.4 is 10.6 Å². The first-order valence-electron chi connectivity index (χ1n) is 6.57. The maximum atomic E-state index is 12.5. The van der Waals surface area contributed by atoms with Crippen LogP contribution in [-0.4, -0.2) is 19.0 Å². The molecule has 0 aliphatic heterocycles. The van der Waals surface area contributed by atoms with Gasteiger partial charge in [0.2, 0.25) is 5.91 Å². The first kappa shape index (κ1) is 17.6. The summed E-state index contributed by atoms with van der Waals surface area (Å²) in [6.07, 6.45) is -3.57. The Hall–Kier alpha value is -1.43. The van der Waals surface area contributed by atoms with Gasteiger partial charge in [-0.2, -0.15) is 13.2 Å². The van der Waals surface area contributed by atoms with Crippen LogP contribution >= 0.6 is 11.6 Å². The van der Waals surface area contributed by atoms with Crippen LogP contribution in [-0.2, 0) is 11.0 Å². The van der Waals surface area contributed by atoms with E-state index in [1.165, 1.54) is 6.07 Å². The van der Waals surface area contributed by atoms with Gasteiger partial charge in [-0.1, -0.05) is 25.4 Å². The molecular weight excluding hydrogens is 305 g/mol. The van der Waals surface area contributed by atoms with E-state index < -0.39 is 11.7 Å². The predicted molar refractivity (Wildman–Crippen MR) is 77.4 cm³/mol. The van der Waals surface area contributed by atoms with Crippen molar-refractivity contribution in [2.45, 2.75) is 26.4 Å². The third-order valence-electron chi connectivity index (χ3n) is 2.78. The quantitative estimate of drug-likeness (QED) is 0.833. The maximum Gasteiger partial charge on any atom is 0.416 e. The molecule has 2 N–H and O–H groups in total. The Balaban J connectivity index is 2.51. The summed E-state index contributed by atoms with van der Waals surface area (Å²) in [6.45, 7) is 4.63. The average molecular weight is 323 g/mol. The van der Waals surface area contributed by atoms with Crippen molar-refractivity contribution >= 4 is 23.2 Å². The highest BCUT2D eigenvalue weighted by molar-refractivity contribution is 6.33. The molecule has 7 heteroatoms. The summed E-state index contributed by atoms with van der Waals surface area (Å²) in [4.78, 5) is 11.5. The fourth-order valence-electron chi connectivity index (χ4n) is 1.57. The lowest BCUT2D eigenvalue weighted by Gasteiger charge is -2.12. The van der Waals surface area contributed by atoms with Crippen LogP contribution in [0.1, 0.15) is 25.8 Å². The molecule has 0 unspecified atom stereocenters. The van der Waals surface area contributed by atoms with Gasteiger partial charge >= 0.3 is 6.18 Å². The summed E-state index contributed by atoms with van der Waals surface area (Å²) in [5.41, 5.74) is -0.525. The SMILES string of the molecule is CC(C)CCNC(=O)CNc1ccc(C(F)(F)F)cc1Cl. The summed E-state index contributed by atoms with van der Waals surface area (Å²) in [6, 6.07) is 2.97. The van der Waals surface area contributed by atoms with Gasteiger partial charge in [0.05, 0.1) is 22.8 Å². The lowest BCUT2D eigenvalue weighted by molar-refractivity contribution is -0.137. The van der Waals surface area contributed by atoms with Crippen LogP contribution in [0.4, 0.5) is 18.9 Å². The number of benzene rings is 1. The lowest BCUT2D eigenvalue weighted by Crippen LogP contribution is -2.31. The van der Waals surface area contributed by atoms with Crippen molar-refractivity contribution in [1.29, 1.82) is 0 Å². The number of halogens is 4. The summed E-state index contributed by atoms with van der Waals surface area (Å²) in [5, 5.41) is 5.36. The molecule has 1 rings (SSSR count). The number of nitrogens with one attached hydrogen (secondary N) is 2. The van der Waals surface area contributed by atoms with E-state index in [1.54, 1.807) is 0 Å². The topological polar surface area (TPSA) is 41.1 Å². The molecule has 1 amide bonds. The molecule has 21 heavy (non-hydrogen) atoms. The van der Waals surface area contributed by atoms with Crippen molar-refractivity contribution < 1.29 is 18.0 Å². The van der Waals surface area contributed by atoms with Crippen molar-refractivity contribution in [3.05, 3.63) is 28.8 Å². The molecule has 0 radical (unpaired) electrons. The highest BCUT2D eigenvalue weighted by Gasteiger charge is 2.30. The van der Waals surface area contributed by atoms with E-state index in [9.17, 15) is 18.0 Å². The van der Waals surface area contributed by atoms with E-state index in [2.05, 4.69) is 10.6 Å². The average Bonchev–Trinajstić information content (AvgIpc) is 2.35. The van der Waals surface area contributed by atoms with Gasteiger partial charge in [0.25, 0.3) is 0 Å². The summed E-state index contributed by atoms with van der Waals surface area (Å²) in [5.74, 6) is 0.259. The molecule has 0 heterocycles. The molecule has 0 bridgehead atoms. The second-order valence-electron chi connectivity index (χ2n) is 5.08. The van der Waals surface area contributed by atoms with Gasteiger partial charge in [-0.3, -0.25) is 4.79 Å². The second-order valence-corrected chi connectivity index (χ2v) is 5.49. The van der Waals surface area contributed by atoms with E-state index in [0.717, 1.165) is 18.6 Å². The lowest BCUT2D eigenvalue weighted by atomic mass is 10.1. The highest BCUT2D eigenvalue weighted by Crippen LogP contribution is 2.33. The minimum Gasteiger partial charge on any atom is -0.375 e. The molecule has 0 saturated carbocycles. The zero-order valence-corrected chi connectivity index (χ0v) is 12.6. The second kappa shape index (κ2) is 7.54. The summed E-state index contributed by atoms with van der Waals surface area (Å²) in [7, 11) is 0. The van der Waals surface area contributed by atoms with Crippen molar-refractivity contribution in [3.8, 4) is 0 Å². The Kier molecular flexibility index (Phi) is 6.33. The van der Waals surface area contributed by atoms with Gasteiger partial charge in [-0.15, -0.1) is 0 Å². The normalized spacial score (nSPS) is 11.6. The molecule has 0 aliphatic carbocycles. The van der Waals surface area contributed by atoms with Gasteiger partial charge in [0.1, 0.15) is 0 Å². The van der Waals surface area contributed by atoms with Crippen LogP contribution in [0.25, 0.3) is 0 Å². The molecular formula is C14H18ClF3N2O. The van der Waals surface area contributed by atoms with Crippen molar-refractivity contribution in [3.63, 3.8) is 0 Å². The molecule has 1 aromatic carbocycles. The summed E-state index contributed by atoms with van der Waals surface area (Å²) >= 11 is 5.77. The van der Waals surface area contributed by atoms with Crippen LogP contribution in [0.5, 0.6) is 0 Å². The molecule has 0 fully saturated rings. The van der Waals surface area contributed by atoms with Crippen LogP contribution in [0.15, 0.2) is 18.2 Å². The van der Waals surface area contributed by atoms with E-state index in [4.69, 9.17) is 11.6 Å². The molecule has 0 aliphatic rings. The number of rotatable bonds is 6. The predicted octanol–water partition coefficient (Wildman–Crippen LogP) is 3.93. The largest absolute Gasteiger partial charge is 0.416 e. The Morgan fingerprint density at radius 1 is 1.33 bits per heavy atom. The van der Waals surface area contributed by atoms with E-state index >= 15 is 0 Å². The summed E-state index contributed by atoms with van der Waals surface area (Å²) < 4.78 is 37.4. The third-order valence-corrected chi connectivity index (χ3v) is 3.09. The van der Waals surface area contributed by atoms with Crippen molar-refractivity contribution in [2.24, 2.45) is 5.92 Å². The fourth-order valence-corrected chi connectivity index (χ4v) is 1.82. The minimum absolute atomic E-state index is 0.0385. The number of carbonyl (C=O) groups is 1. The smallest absolute Gasteiger partial charge is 0.375 e. The number of anilines is 1. The Labute approximate surface area is 126 Å². The third kappa shape index (κ3) is 6.25. The molecule has 0 aromatic heterocycles. The van der Waals surface area contributed by atoms with E-state index in [0.29, 0.717) is 18.2 Å². The number of amides is 1. The van der Waals surface area contributed by atoms with E-state index in [1.807, 2.05) is 13.8 Å². The molecule has 3 nitrogen and oxygen atoms in total. The molecule has 0 spiro atoms. The first-order chi connectivity index (χ1) is 9.70. The van der Waals surface area contributed by atoms with E-state index in [-0.39, 0.29) is 17.5 Å². The molecule has 1 aromatic rings. The van der Waals surface area contributed by atoms with Gasteiger partial charge in [-0.05, 0) is 30.5 Å². The van der Waals surface area contributed by atoms with Gasteiger partial charge in [0.15, 0.2) is 0 Å². The van der Waals surface area contributed by atoms with Crippen molar-refractivity contribution in [1.82, 2.24) is 5.32 Å².